The highest BCUT2D eigenvalue weighted by atomic mass is 32.1. The topological polar surface area (TPSA) is 54.5 Å². The summed E-state index contributed by atoms with van der Waals surface area (Å²) in [5.74, 6) is 0.954. The molecule has 1 atom stereocenters. The molecule has 1 aliphatic rings. The van der Waals surface area contributed by atoms with E-state index in [2.05, 4.69) is 29.3 Å². The van der Waals surface area contributed by atoms with Gasteiger partial charge in [-0.2, -0.15) is 0 Å². The number of aryl methyl sites for hydroxylation is 1. The lowest BCUT2D eigenvalue weighted by Gasteiger charge is -2.31. The van der Waals surface area contributed by atoms with Crippen molar-refractivity contribution < 1.29 is 9.53 Å². The molecule has 6 heteroatoms. The maximum absolute atomic E-state index is 12.9. The number of hydrogen-bond acceptors (Lipinski definition) is 5. The van der Waals surface area contributed by atoms with Crippen LogP contribution in [0.5, 0.6) is 5.75 Å². The molecule has 1 saturated heterocycles. The third kappa shape index (κ3) is 4.37. The Bertz CT molecular complexity index is 1000. The number of rotatable bonds is 6. The molecule has 1 fully saturated rings. The van der Waals surface area contributed by atoms with Crippen LogP contribution in [0, 0.1) is 5.92 Å². The number of nitrogens with zero attached hydrogens (tertiary/aromatic N) is 2. The second-order valence-corrected chi connectivity index (χ2v) is 8.35. The number of carbonyl (C=O) groups excluding carboxylic acids is 1. The number of amides is 1. The Balaban J connectivity index is 1.47. The van der Waals surface area contributed by atoms with Crippen LogP contribution in [0.15, 0.2) is 42.5 Å². The SMILES string of the molecule is CCOc1ccc2nc(N3CCC[C@@H](C(=O)Nc4ccccc4CC)C3)sc2c1. The Morgan fingerprint density at radius 3 is 2.97 bits per heavy atom. The van der Waals surface area contributed by atoms with E-state index in [0.29, 0.717) is 13.2 Å². The molecular weight excluding hydrogens is 382 g/mol. The van der Waals surface area contributed by atoms with Crippen LogP contribution in [0.4, 0.5) is 10.8 Å². The fourth-order valence-electron chi connectivity index (χ4n) is 3.83. The van der Waals surface area contributed by atoms with E-state index < -0.39 is 0 Å². The van der Waals surface area contributed by atoms with Crippen molar-refractivity contribution in [2.75, 3.05) is 29.9 Å². The summed E-state index contributed by atoms with van der Waals surface area (Å²) in [5, 5.41) is 4.14. The molecule has 5 nitrogen and oxygen atoms in total. The van der Waals surface area contributed by atoms with Gasteiger partial charge in [-0.1, -0.05) is 36.5 Å². The maximum Gasteiger partial charge on any atom is 0.229 e. The first-order valence-electron chi connectivity index (χ1n) is 10.3. The summed E-state index contributed by atoms with van der Waals surface area (Å²) in [6.45, 7) is 6.39. The van der Waals surface area contributed by atoms with Gasteiger partial charge in [-0.3, -0.25) is 4.79 Å². The average Bonchev–Trinajstić information content (AvgIpc) is 3.18. The molecule has 0 spiro atoms. The number of anilines is 2. The first kappa shape index (κ1) is 19.7. The van der Waals surface area contributed by atoms with Gasteiger partial charge in [-0.15, -0.1) is 0 Å². The van der Waals surface area contributed by atoms with Gasteiger partial charge in [0.1, 0.15) is 5.75 Å². The fraction of sp³-hybridized carbons (Fsp3) is 0.391. The van der Waals surface area contributed by atoms with Crippen LogP contribution in [0.3, 0.4) is 0 Å². The third-order valence-corrected chi connectivity index (χ3v) is 6.46. The molecule has 3 aromatic rings. The molecule has 4 rings (SSSR count). The lowest BCUT2D eigenvalue weighted by molar-refractivity contribution is -0.120. The van der Waals surface area contributed by atoms with E-state index in [1.807, 2.05) is 37.3 Å². The van der Waals surface area contributed by atoms with Crippen molar-refractivity contribution in [2.45, 2.75) is 33.1 Å². The number of fused-ring (bicyclic) bond motifs is 1. The van der Waals surface area contributed by atoms with Gasteiger partial charge in [0, 0.05) is 18.8 Å². The van der Waals surface area contributed by atoms with E-state index >= 15 is 0 Å². The minimum atomic E-state index is -0.0281. The van der Waals surface area contributed by atoms with Crippen molar-refractivity contribution in [3.63, 3.8) is 0 Å². The fourth-order valence-corrected chi connectivity index (χ4v) is 4.86. The predicted octanol–water partition coefficient (Wildman–Crippen LogP) is 5.11. The molecule has 1 N–H and O–H groups in total. The van der Waals surface area contributed by atoms with Gasteiger partial charge >= 0.3 is 0 Å². The van der Waals surface area contributed by atoms with E-state index in [1.54, 1.807) is 11.3 Å². The number of ether oxygens (including phenoxy) is 1. The summed E-state index contributed by atoms with van der Waals surface area (Å²) in [6.07, 6.45) is 2.81. The second kappa shape index (κ2) is 8.82. The number of thiazole rings is 1. The smallest absolute Gasteiger partial charge is 0.229 e. The molecule has 1 aliphatic heterocycles. The van der Waals surface area contributed by atoms with Crippen molar-refractivity contribution in [1.29, 1.82) is 0 Å². The molecule has 0 saturated carbocycles. The Morgan fingerprint density at radius 1 is 1.28 bits per heavy atom. The molecule has 0 radical (unpaired) electrons. The number of para-hydroxylation sites is 1. The molecule has 0 unspecified atom stereocenters. The zero-order valence-electron chi connectivity index (χ0n) is 17.0. The van der Waals surface area contributed by atoms with Crippen LogP contribution in [0.2, 0.25) is 0 Å². The predicted molar refractivity (Wildman–Crippen MR) is 120 cm³/mol. The first-order chi connectivity index (χ1) is 14.2. The summed E-state index contributed by atoms with van der Waals surface area (Å²) in [4.78, 5) is 20.0. The quantitative estimate of drug-likeness (QED) is 0.614. The van der Waals surface area contributed by atoms with Crippen LogP contribution in [0.25, 0.3) is 10.2 Å². The van der Waals surface area contributed by atoms with Crippen LogP contribution >= 0.6 is 11.3 Å². The molecule has 0 aliphatic carbocycles. The second-order valence-electron chi connectivity index (χ2n) is 7.34. The number of benzene rings is 2. The summed E-state index contributed by atoms with van der Waals surface area (Å²) in [5.41, 5.74) is 3.09. The Morgan fingerprint density at radius 2 is 2.14 bits per heavy atom. The highest BCUT2D eigenvalue weighted by Crippen LogP contribution is 2.34. The lowest BCUT2D eigenvalue weighted by Crippen LogP contribution is -2.40. The summed E-state index contributed by atoms with van der Waals surface area (Å²) < 4.78 is 6.72. The van der Waals surface area contributed by atoms with Gasteiger partial charge in [0.15, 0.2) is 5.13 Å². The molecule has 2 aromatic carbocycles. The van der Waals surface area contributed by atoms with E-state index in [1.165, 1.54) is 5.56 Å². The van der Waals surface area contributed by atoms with Crippen molar-refractivity contribution in [3.05, 3.63) is 48.0 Å². The first-order valence-corrected chi connectivity index (χ1v) is 11.2. The standard InChI is InChI=1S/C23H27N3O2S/c1-3-16-8-5-6-10-19(16)24-22(27)17-9-7-13-26(15-17)23-25-20-12-11-18(28-4-2)14-21(20)29-23/h5-6,8,10-12,14,17H,3-4,7,9,13,15H2,1-2H3,(H,24,27)/t17-/m1/s1. The van der Waals surface area contributed by atoms with Gasteiger partial charge < -0.3 is 15.0 Å². The maximum atomic E-state index is 12.9. The Hall–Kier alpha value is -2.60. The highest BCUT2D eigenvalue weighted by molar-refractivity contribution is 7.22. The zero-order valence-corrected chi connectivity index (χ0v) is 17.8. The largest absolute Gasteiger partial charge is 0.494 e. The van der Waals surface area contributed by atoms with Crippen molar-refractivity contribution in [3.8, 4) is 5.75 Å². The van der Waals surface area contributed by atoms with E-state index in [9.17, 15) is 4.79 Å². The van der Waals surface area contributed by atoms with Gasteiger partial charge in [-0.05, 0) is 56.0 Å². The molecule has 29 heavy (non-hydrogen) atoms. The Kier molecular flexibility index (Phi) is 6.00. The minimum Gasteiger partial charge on any atom is -0.494 e. The number of carbonyl (C=O) groups is 1. The van der Waals surface area contributed by atoms with E-state index in [4.69, 9.17) is 9.72 Å². The van der Waals surface area contributed by atoms with Crippen molar-refractivity contribution in [2.24, 2.45) is 5.92 Å². The average molecular weight is 410 g/mol. The van der Waals surface area contributed by atoms with Gasteiger partial charge in [0.05, 0.1) is 22.7 Å². The van der Waals surface area contributed by atoms with E-state index in [0.717, 1.165) is 52.6 Å². The minimum absolute atomic E-state index is 0.0281. The monoisotopic (exact) mass is 409 g/mol. The molecule has 1 aromatic heterocycles. The Labute approximate surface area is 175 Å². The lowest BCUT2D eigenvalue weighted by atomic mass is 9.97. The molecular formula is C23H27N3O2S. The number of nitrogens with one attached hydrogen (secondary N) is 1. The number of hydrogen-bond donors (Lipinski definition) is 1. The van der Waals surface area contributed by atoms with Crippen LogP contribution in [-0.4, -0.2) is 30.6 Å². The molecule has 0 bridgehead atoms. The molecule has 2 heterocycles. The molecule has 1 amide bonds. The summed E-state index contributed by atoms with van der Waals surface area (Å²) in [6, 6.07) is 14.1. The van der Waals surface area contributed by atoms with Gasteiger partial charge in [0.25, 0.3) is 0 Å². The normalized spacial score (nSPS) is 16.8. The van der Waals surface area contributed by atoms with Crippen LogP contribution < -0.4 is 15.0 Å². The van der Waals surface area contributed by atoms with E-state index in [-0.39, 0.29) is 11.8 Å². The van der Waals surface area contributed by atoms with Crippen molar-refractivity contribution in [1.82, 2.24) is 4.98 Å². The third-order valence-electron chi connectivity index (χ3n) is 5.38. The van der Waals surface area contributed by atoms with Gasteiger partial charge in [0.2, 0.25) is 5.91 Å². The van der Waals surface area contributed by atoms with Crippen molar-refractivity contribution >= 4 is 38.3 Å². The number of piperidine rings is 1. The summed E-state index contributed by atoms with van der Waals surface area (Å²) in [7, 11) is 0. The van der Waals surface area contributed by atoms with Crippen LogP contribution in [-0.2, 0) is 11.2 Å². The highest BCUT2D eigenvalue weighted by Gasteiger charge is 2.28. The summed E-state index contributed by atoms with van der Waals surface area (Å²) >= 11 is 1.67. The number of aromatic nitrogens is 1. The van der Waals surface area contributed by atoms with Gasteiger partial charge in [-0.25, -0.2) is 4.98 Å². The zero-order chi connectivity index (χ0) is 20.2. The molecule has 152 valence electrons. The van der Waals surface area contributed by atoms with Crippen LogP contribution in [0.1, 0.15) is 32.3 Å².